The largest absolute Gasteiger partial charge is 0.390 e. The van der Waals surface area contributed by atoms with Crippen LogP contribution in [-0.2, 0) is 0 Å². The van der Waals surface area contributed by atoms with Crippen LogP contribution >= 0.6 is 23.2 Å². The third-order valence-electron chi connectivity index (χ3n) is 7.02. The number of amides is 1. The highest BCUT2D eigenvalue weighted by Gasteiger charge is 2.55. The Morgan fingerprint density at radius 1 is 1.07 bits per heavy atom. The topological polar surface area (TPSA) is 79.3 Å². The van der Waals surface area contributed by atoms with E-state index in [-0.39, 0.29) is 27.9 Å². The molecule has 7 heteroatoms. The summed E-state index contributed by atoms with van der Waals surface area (Å²) in [6.45, 7) is 0. The maximum atomic E-state index is 13.0. The number of carbonyl (C=O) groups excluding carboxylic acids is 2. The second-order valence-electron chi connectivity index (χ2n) is 9.06. The summed E-state index contributed by atoms with van der Waals surface area (Å²) >= 11 is 12.4. The van der Waals surface area contributed by atoms with Crippen LogP contribution in [0.4, 0.5) is 0 Å². The van der Waals surface area contributed by atoms with Crippen LogP contribution in [0.2, 0.25) is 10.2 Å². The Labute approximate surface area is 184 Å². The minimum atomic E-state index is -0.537. The lowest BCUT2D eigenvalue weighted by Crippen LogP contribution is -2.61. The summed E-state index contributed by atoms with van der Waals surface area (Å²) in [4.78, 5) is 29.6. The van der Waals surface area contributed by atoms with E-state index in [9.17, 15) is 14.7 Å². The molecule has 2 aromatic rings. The van der Waals surface area contributed by atoms with Crippen molar-refractivity contribution in [2.75, 3.05) is 0 Å². The highest BCUT2D eigenvalue weighted by Crippen LogP contribution is 2.55. The quantitative estimate of drug-likeness (QED) is 0.544. The van der Waals surface area contributed by atoms with E-state index in [4.69, 9.17) is 23.2 Å². The maximum Gasteiger partial charge on any atom is 0.253 e. The number of ketones is 1. The molecule has 0 spiro atoms. The molecule has 4 aliphatic rings. The Hall–Kier alpha value is -1.95. The number of carbonyl (C=O) groups is 2. The zero-order valence-electron chi connectivity index (χ0n) is 16.3. The highest BCUT2D eigenvalue weighted by atomic mass is 35.5. The monoisotopic (exact) mass is 444 g/mol. The lowest BCUT2D eigenvalue weighted by molar-refractivity contribution is -0.136. The van der Waals surface area contributed by atoms with Gasteiger partial charge in [0.15, 0.2) is 5.78 Å². The predicted molar refractivity (Wildman–Crippen MR) is 114 cm³/mol. The molecular weight excluding hydrogens is 423 g/mol. The van der Waals surface area contributed by atoms with E-state index >= 15 is 0 Å². The molecule has 6 rings (SSSR count). The van der Waals surface area contributed by atoms with E-state index in [1.54, 1.807) is 24.3 Å². The van der Waals surface area contributed by atoms with Crippen LogP contribution in [0.25, 0.3) is 0 Å². The predicted octanol–water partition coefficient (Wildman–Crippen LogP) is 4.29. The van der Waals surface area contributed by atoms with Gasteiger partial charge in [0, 0.05) is 17.8 Å². The van der Waals surface area contributed by atoms with E-state index in [1.807, 2.05) is 0 Å². The Balaban J connectivity index is 1.33. The second kappa shape index (κ2) is 7.33. The molecule has 1 amide bonds. The summed E-state index contributed by atoms with van der Waals surface area (Å²) in [6.07, 6.45) is 6.08. The summed E-state index contributed by atoms with van der Waals surface area (Å²) in [5.41, 5.74) is 0.450. The van der Waals surface area contributed by atoms with Crippen molar-refractivity contribution in [1.29, 1.82) is 0 Å². The number of hydrogen-bond acceptors (Lipinski definition) is 4. The van der Waals surface area contributed by atoms with Gasteiger partial charge in [-0.05, 0) is 74.1 Å². The Morgan fingerprint density at radius 3 is 2.43 bits per heavy atom. The minimum absolute atomic E-state index is 0.0703. The van der Waals surface area contributed by atoms with Crippen molar-refractivity contribution in [3.8, 4) is 0 Å². The van der Waals surface area contributed by atoms with Crippen LogP contribution in [0, 0.1) is 17.8 Å². The summed E-state index contributed by atoms with van der Waals surface area (Å²) in [5.74, 6) is 0.683. The first-order chi connectivity index (χ1) is 14.3. The molecule has 5 nitrogen and oxygen atoms in total. The number of pyridine rings is 1. The van der Waals surface area contributed by atoms with Gasteiger partial charge >= 0.3 is 0 Å². The molecule has 30 heavy (non-hydrogen) atoms. The molecule has 2 N–H and O–H groups in total. The lowest BCUT2D eigenvalue weighted by Gasteiger charge is -2.58. The lowest BCUT2D eigenvalue weighted by atomic mass is 9.52. The maximum absolute atomic E-state index is 13.0. The van der Waals surface area contributed by atoms with Crippen LogP contribution in [0.3, 0.4) is 0 Å². The third kappa shape index (κ3) is 3.43. The molecule has 1 heterocycles. The van der Waals surface area contributed by atoms with Gasteiger partial charge in [-0.15, -0.1) is 0 Å². The van der Waals surface area contributed by atoms with Crippen molar-refractivity contribution in [2.45, 2.75) is 43.7 Å². The number of benzene rings is 1. The molecule has 4 bridgehead atoms. The molecule has 1 aromatic carbocycles. The van der Waals surface area contributed by atoms with Gasteiger partial charge in [-0.3, -0.25) is 9.59 Å². The fourth-order valence-corrected chi connectivity index (χ4v) is 6.47. The van der Waals surface area contributed by atoms with Gasteiger partial charge < -0.3 is 10.4 Å². The first kappa shape index (κ1) is 20.0. The molecule has 0 aliphatic heterocycles. The van der Waals surface area contributed by atoms with Gasteiger partial charge in [-0.1, -0.05) is 29.3 Å². The second-order valence-corrected chi connectivity index (χ2v) is 9.82. The van der Waals surface area contributed by atoms with Crippen molar-refractivity contribution in [2.24, 2.45) is 17.8 Å². The molecule has 0 saturated heterocycles. The van der Waals surface area contributed by atoms with Crippen molar-refractivity contribution in [3.63, 3.8) is 0 Å². The summed E-state index contributed by atoms with van der Waals surface area (Å²) < 4.78 is 0. The fourth-order valence-electron chi connectivity index (χ4n) is 6.00. The summed E-state index contributed by atoms with van der Waals surface area (Å²) in [6, 6.07) is 7.99. The zero-order valence-corrected chi connectivity index (χ0v) is 17.8. The van der Waals surface area contributed by atoms with E-state index in [1.165, 1.54) is 12.3 Å². The molecular formula is C23H22Cl2N2O3. The number of aliphatic hydroxyl groups is 1. The van der Waals surface area contributed by atoms with Crippen molar-refractivity contribution < 1.29 is 14.7 Å². The summed E-state index contributed by atoms with van der Waals surface area (Å²) in [5, 5.41) is 14.3. The van der Waals surface area contributed by atoms with Gasteiger partial charge in [-0.2, -0.15) is 0 Å². The number of hydrogen-bond donors (Lipinski definition) is 2. The standard InChI is InChI=1S/C23H22Cl2N2O3/c24-18-8-13(20(28)17-2-1-5-26-21(17)25)3-4-16(18)22(29)27-19-14-6-12-7-15(19)11-23(30,9-12)10-14/h1-5,8,12,14-15,19,30H,6-7,9-11H2,(H,27,29). The van der Waals surface area contributed by atoms with Gasteiger partial charge in [0.2, 0.25) is 0 Å². The molecule has 2 unspecified atom stereocenters. The van der Waals surface area contributed by atoms with Gasteiger partial charge in [0.1, 0.15) is 5.15 Å². The van der Waals surface area contributed by atoms with Crippen molar-refractivity contribution >= 4 is 34.9 Å². The van der Waals surface area contributed by atoms with E-state index in [0.29, 0.717) is 34.4 Å². The average Bonchev–Trinajstić information content (AvgIpc) is 2.69. The Kier molecular flexibility index (Phi) is 4.88. The molecule has 4 saturated carbocycles. The number of nitrogens with zero attached hydrogens (tertiary/aromatic N) is 1. The van der Waals surface area contributed by atoms with E-state index in [0.717, 1.165) is 32.1 Å². The first-order valence-corrected chi connectivity index (χ1v) is 11.1. The third-order valence-corrected chi connectivity index (χ3v) is 7.63. The number of aromatic nitrogens is 1. The molecule has 4 aliphatic carbocycles. The number of nitrogens with one attached hydrogen (secondary N) is 1. The average molecular weight is 445 g/mol. The number of rotatable bonds is 4. The van der Waals surface area contributed by atoms with Crippen LogP contribution < -0.4 is 5.32 Å². The molecule has 4 fully saturated rings. The Bertz CT molecular complexity index is 1020. The van der Waals surface area contributed by atoms with Crippen molar-refractivity contribution in [3.05, 3.63) is 63.4 Å². The van der Waals surface area contributed by atoms with Gasteiger partial charge in [-0.25, -0.2) is 4.98 Å². The van der Waals surface area contributed by atoms with E-state index < -0.39 is 5.60 Å². The first-order valence-electron chi connectivity index (χ1n) is 10.3. The molecule has 1 aromatic heterocycles. The van der Waals surface area contributed by atoms with Crippen LogP contribution in [-0.4, -0.2) is 33.4 Å². The van der Waals surface area contributed by atoms with Gasteiger partial charge in [0.05, 0.1) is 21.8 Å². The Morgan fingerprint density at radius 2 is 1.80 bits per heavy atom. The molecule has 156 valence electrons. The summed E-state index contributed by atoms with van der Waals surface area (Å²) in [7, 11) is 0. The number of halogens is 2. The molecule has 2 atom stereocenters. The highest BCUT2D eigenvalue weighted by molar-refractivity contribution is 6.35. The fraction of sp³-hybridized carbons (Fsp3) is 0.435. The van der Waals surface area contributed by atoms with Crippen LogP contribution in [0.1, 0.15) is 58.4 Å². The van der Waals surface area contributed by atoms with Crippen molar-refractivity contribution in [1.82, 2.24) is 10.3 Å². The smallest absolute Gasteiger partial charge is 0.253 e. The van der Waals surface area contributed by atoms with Gasteiger partial charge in [0.25, 0.3) is 5.91 Å². The van der Waals surface area contributed by atoms with Crippen LogP contribution in [0.15, 0.2) is 36.5 Å². The SMILES string of the molecule is O=C(NC1C2CC3CC1CC(O)(C3)C2)c1ccc(C(=O)c2cccnc2Cl)cc1Cl. The zero-order chi connectivity index (χ0) is 21.0. The minimum Gasteiger partial charge on any atom is -0.390 e. The normalized spacial score (nSPS) is 31.6. The molecule has 0 radical (unpaired) electrons. The van der Waals surface area contributed by atoms with E-state index in [2.05, 4.69) is 10.3 Å². The van der Waals surface area contributed by atoms with Crippen LogP contribution in [0.5, 0.6) is 0 Å².